The van der Waals surface area contributed by atoms with E-state index in [0.29, 0.717) is 17.0 Å². The molecule has 0 aromatic heterocycles. The number of hydrogen-bond acceptors (Lipinski definition) is 4. The van der Waals surface area contributed by atoms with E-state index in [2.05, 4.69) is 71.0 Å². The second-order valence-corrected chi connectivity index (χ2v) is 14.3. The number of halogens is 2. The molecule has 7 heteroatoms. The number of rotatable bonds is 2. The molecule has 0 N–H and O–H groups in total. The van der Waals surface area contributed by atoms with Crippen LogP contribution in [0.25, 0.3) is 0 Å². The van der Waals surface area contributed by atoms with E-state index in [4.69, 9.17) is 33.2 Å². The SMILES string of the molecule is CC(C)(C)c1c([O-])c([O-])c(C(C)(C)C)c(Cl)c1Cl.Cc1cccc(C)c1N=C1CCC(C)C1=Nc1c(C)cccc1C.[Ni+2]. The number of para-hydroxylation sites is 2. The normalized spacial score (nSPS) is 17.1. The smallest absolute Gasteiger partial charge is 0.873 e. The Morgan fingerprint density at radius 2 is 1.02 bits per heavy atom. The molecule has 0 saturated heterocycles. The van der Waals surface area contributed by atoms with Gasteiger partial charge in [-0.25, -0.2) is 0 Å². The summed E-state index contributed by atoms with van der Waals surface area (Å²) in [6.45, 7) is 21.8. The van der Waals surface area contributed by atoms with Crippen LogP contribution in [0.1, 0.15) is 94.7 Å². The molecule has 1 fully saturated rings. The van der Waals surface area contributed by atoms with Gasteiger partial charge in [0, 0.05) is 5.92 Å². The molecule has 4 nitrogen and oxygen atoms in total. The molecule has 1 aliphatic rings. The molecule has 0 bridgehead atoms. The summed E-state index contributed by atoms with van der Waals surface area (Å²) in [5.74, 6) is -0.615. The average Bonchev–Trinajstić information content (AvgIpc) is 3.20. The van der Waals surface area contributed by atoms with Crippen LogP contribution in [0.2, 0.25) is 10.0 Å². The summed E-state index contributed by atoms with van der Waals surface area (Å²) in [4.78, 5) is 10.1. The van der Waals surface area contributed by atoms with Gasteiger partial charge in [-0.05, 0) is 84.7 Å². The molecule has 3 aromatic carbocycles. The minimum atomic E-state index is -0.540. The first kappa shape index (κ1) is 36.9. The van der Waals surface area contributed by atoms with Gasteiger partial charge in [0.25, 0.3) is 0 Å². The molecular formula is C36H44Cl2N2NiO2. The third-order valence-electron chi connectivity index (χ3n) is 7.73. The van der Waals surface area contributed by atoms with Gasteiger partial charge in [-0.3, -0.25) is 9.98 Å². The van der Waals surface area contributed by atoms with Gasteiger partial charge in [0.05, 0.1) is 32.8 Å². The van der Waals surface area contributed by atoms with Crippen molar-refractivity contribution in [1.82, 2.24) is 0 Å². The van der Waals surface area contributed by atoms with Gasteiger partial charge in [0.2, 0.25) is 0 Å². The molecule has 3 aromatic rings. The zero-order valence-corrected chi connectivity index (χ0v) is 29.7. The molecule has 0 heterocycles. The standard InChI is InChI=1S/C22H26N2.C14H20Cl2O2.Ni/c1-14-8-6-9-15(2)20(14)23-19-13-12-18(5)22(19)24-21-16(3)10-7-11-17(21)4;1-13(2,3)7-9(15)10(16)8(14(4,5)6)12(18)11(7)17;/h6-11,18H,12-13H2,1-5H3;17-18H,1-6H3;/q;;+2/p-2. The van der Waals surface area contributed by atoms with E-state index in [-0.39, 0.29) is 26.5 Å². The van der Waals surface area contributed by atoms with Gasteiger partial charge in [0.1, 0.15) is 0 Å². The predicted octanol–water partition coefficient (Wildman–Crippen LogP) is 9.93. The fourth-order valence-corrected chi connectivity index (χ4v) is 6.32. The van der Waals surface area contributed by atoms with Crippen LogP contribution in [0.4, 0.5) is 11.4 Å². The predicted molar refractivity (Wildman–Crippen MR) is 177 cm³/mol. The molecule has 0 spiro atoms. The van der Waals surface area contributed by atoms with Crippen molar-refractivity contribution in [3.63, 3.8) is 0 Å². The van der Waals surface area contributed by atoms with Crippen molar-refractivity contribution >= 4 is 46.0 Å². The molecule has 1 atom stereocenters. The number of hydrogen-bond donors (Lipinski definition) is 0. The van der Waals surface area contributed by atoms with Gasteiger partial charge < -0.3 is 10.2 Å². The molecule has 234 valence electrons. The molecule has 0 amide bonds. The Kier molecular flexibility index (Phi) is 12.2. The number of aliphatic imine (C=N–C) groups is 2. The topological polar surface area (TPSA) is 70.8 Å². The molecular weight excluding hydrogens is 622 g/mol. The Hall–Kier alpha value is -2.33. The average molecular weight is 666 g/mol. The fraction of sp³-hybridized carbons (Fsp3) is 0.444. The maximum Gasteiger partial charge on any atom is 2.00 e. The molecule has 4 rings (SSSR count). The van der Waals surface area contributed by atoms with Crippen molar-refractivity contribution in [2.24, 2.45) is 15.9 Å². The summed E-state index contributed by atoms with van der Waals surface area (Å²) in [6, 6.07) is 12.7. The van der Waals surface area contributed by atoms with Crippen LogP contribution < -0.4 is 10.2 Å². The number of aryl methyl sites for hydroxylation is 4. The van der Waals surface area contributed by atoms with Gasteiger partial charge in [-0.2, -0.15) is 0 Å². The van der Waals surface area contributed by atoms with Crippen LogP contribution in [0, 0.1) is 33.6 Å². The fourth-order valence-electron chi connectivity index (χ4n) is 5.40. The molecule has 0 aliphatic heterocycles. The van der Waals surface area contributed by atoms with E-state index in [9.17, 15) is 10.2 Å². The quantitative estimate of drug-likeness (QED) is 0.256. The third kappa shape index (κ3) is 8.24. The van der Waals surface area contributed by atoms with Crippen LogP contribution in [0.3, 0.4) is 0 Å². The Balaban J connectivity index is 0.000000306. The maximum atomic E-state index is 12.2. The van der Waals surface area contributed by atoms with Crippen molar-refractivity contribution in [1.29, 1.82) is 0 Å². The van der Waals surface area contributed by atoms with E-state index in [0.717, 1.165) is 35.6 Å². The summed E-state index contributed by atoms with van der Waals surface area (Å²) < 4.78 is 0. The zero-order chi connectivity index (χ0) is 31.7. The van der Waals surface area contributed by atoms with Crippen molar-refractivity contribution in [2.45, 2.75) is 99.8 Å². The van der Waals surface area contributed by atoms with Crippen molar-refractivity contribution in [3.8, 4) is 11.5 Å². The van der Waals surface area contributed by atoms with E-state index >= 15 is 0 Å². The van der Waals surface area contributed by atoms with Crippen molar-refractivity contribution in [2.75, 3.05) is 0 Å². The van der Waals surface area contributed by atoms with Crippen LogP contribution in [0.5, 0.6) is 11.5 Å². The molecule has 43 heavy (non-hydrogen) atoms. The third-order valence-corrected chi connectivity index (χ3v) is 8.58. The van der Waals surface area contributed by atoms with Crippen LogP contribution in [0.15, 0.2) is 46.4 Å². The second-order valence-electron chi connectivity index (χ2n) is 13.5. The number of benzene rings is 3. The van der Waals surface area contributed by atoms with E-state index in [1.54, 1.807) is 0 Å². The minimum absolute atomic E-state index is 0. The molecule has 0 radical (unpaired) electrons. The Morgan fingerprint density at radius 3 is 1.37 bits per heavy atom. The van der Waals surface area contributed by atoms with Gasteiger partial charge in [-0.1, -0.05) is 108 Å². The molecule has 1 aliphatic carbocycles. The van der Waals surface area contributed by atoms with Crippen LogP contribution >= 0.6 is 23.2 Å². The summed E-state index contributed by atoms with van der Waals surface area (Å²) in [7, 11) is 0. The monoisotopic (exact) mass is 664 g/mol. The minimum Gasteiger partial charge on any atom is -0.873 e. The first-order valence-corrected chi connectivity index (χ1v) is 15.3. The van der Waals surface area contributed by atoms with E-state index in [1.807, 2.05) is 41.5 Å². The summed E-state index contributed by atoms with van der Waals surface area (Å²) >= 11 is 12.4. The van der Waals surface area contributed by atoms with Gasteiger partial charge in [0.15, 0.2) is 0 Å². The Bertz CT molecular complexity index is 1430. The Morgan fingerprint density at radius 1 is 0.674 bits per heavy atom. The first-order chi connectivity index (χ1) is 19.4. The second kappa shape index (κ2) is 14.2. The van der Waals surface area contributed by atoms with E-state index < -0.39 is 22.3 Å². The molecule has 1 saturated carbocycles. The summed E-state index contributed by atoms with van der Waals surface area (Å²) in [5.41, 5.74) is 9.03. The van der Waals surface area contributed by atoms with Crippen LogP contribution in [-0.4, -0.2) is 11.4 Å². The molecule has 1 unspecified atom stereocenters. The van der Waals surface area contributed by atoms with E-state index in [1.165, 1.54) is 22.3 Å². The largest absolute Gasteiger partial charge is 2.00 e. The Labute approximate surface area is 278 Å². The zero-order valence-electron chi connectivity index (χ0n) is 27.2. The van der Waals surface area contributed by atoms with Crippen molar-refractivity contribution < 1.29 is 26.7 Å². The summed E-state index contributed by atoms with van der Waals surface area (Å²) in [6.07, 6.45) is 2.15. The van der Waals surface area contributed by atoms with Gasteiger partial charge in [-0.15, -0.1) is 11.5 Å². The summed E-state index contributed by atoms with van der Waals surface area (Å²) in [5, 5.41) is 24.8. The van der Waals surface area contributed by atoms with Gasteiger partial charge >= 0.3 is 16.5 Å². The number of nitrogens with zero attached hydrogens (tertiary/aromatic N) is 2. The maximum absolute atomic E-state index is 12.2. The van der Waals surface area contributed by atoms with Crippen LogP contribution in [-0.2, 0) is 27.3 Å². The first-order valence-electron chi connectivity index (χ1n) is 14.5. The van der Waals surface area contributed by atoms with Crippen molar-refractivity contribution in [3.05, 3.63) is 79.8 Å².